The number of hydrogen-bond donors (Lipinski definition) is 1. The molecule has 0 radical (unpaired) electrons. The summed E-state index contributed by atoms with van der Waals surface area (Å²) in [6.07, 6.45) is 0. The molecule has 0 atom stereocenters. The fourth-order valence-corrected chi connectivity index (χ4v) is 2.99. The van der Waals surface area contributed by atoms with Crippen LogP contribution >= 0.6 is 23.4 Å². The van der Waals surface area contributed by atoms with Gasteiger partial charge in [0, 0.05) is 35.8 Å². The zero-order valence-corrected chi connectivity index (χ0v) is 12.9. The van der Waals surface area contributed by atoms with Gasteiger partial charge in [-0.3, -0.25) is 9.59 Å². The average Bonchev–Trinajstić information content (AvgIpc) is 2.49. The van der Waals surface area contributed by atoms with Crippen LogP contribution in [0.15, 0.2) is 18.2 Å². The molecule has 0 unspecified atom stereocenters. The molecule has 20 heavy (non-hydrogen) atoms. The van der Waals surface area contributed by atoms with Gasteiger partial charge < -0.3 is 10.2 Å². The van der Waals surface area contributed by atoms with E-state index in [4.69, 9.17) is 11.6 Å². The summed E-state index contributed by atoms with van der Waals surface area (Å²) >= 11 is 7.35. The quantitative estimate of drug-likeness (QED) is 0.872. The van der Waals surface area contributed by atoms with E-state index in [1.807, 2.05) is 29.7 Å². The number of hydrogen-bond acceptors (Lipinski definition) is 3. The van der Waals surface area contributed by atoms with E-state index >= 15 is 0 Å². The molecule has 1 saturated heterocycles. The second-order valence-corrected chi connectivity index (χ2v) is 6.11. The summed E-state index contributed by atoms with van der Waals surface area (Å²) in [5, 5.41) is 2.71. The van der Waals surface area contributed by atoms with Crippen molar-refractivity contribution in [2.24, 2.45) is 0 Å². The Labute approximate surface area is 127 Å². The molecule has 2 amide bonds. The Kier molecular flexibility index (Phi) is 5.31. The summed E-state index contributed by atoms with van der Waals surface area (Å²) < 4.78 is 0. The second-order valence-electron chi connectivity index (χ2n) is 4.62. The van der Waals surface area contributed by atoms with Crippen LogP contribution in [0.4, 0.5) is 5.69 Å². The van der Waals surface area contributed by atoms with E-state index in [9.17, 15) is 9.59 Å². The molecule has 1 fully saturated rings. The highest BCUT2D eigenvalue weighted by molar-refractivity contribution is 7.99. The highest BCUT2D eigenvalue weighted by Crippen LogP contribution is 2.19. The van der Waals surface area contributed by atoms with Crippen molar-refractivity contribution in [1.29, 1.82) is 0 Å². The summed E-state index contributed by atoms with van der Waals surface area (Å²) in [5.74, 6) is 1.61. The minimum atomic E-state index is -0.270. The highest BCUT2D eigenvalue weighted by Gasteiger charge is 2.19. The van der Waals surface area contributed by atoms with Crippen molar-refractivity contribution in [2.75, 3.05) is 35.8 Å². The molecule has 0 spiro atoms. The van der Waals surface area contributed by atoms with E-state index in [2.05, 4.69) is 5.32 Å². The number of aryl methyl sites for hydroxylation is 1. The maximum absolute atomic E-state index is 12.4. The molecule has 0 aliphatic carbocycles. The minimum absolute atomic E-state index is 0.0201. The SMILES string of the molecule is Cc1ccc(C(=O)N2CCSCC2)cc1NC(=O)CCl. The molecular weight excluding hydrogens is 296 g/mol. The number of nitrogens with zero attached hydrogens (tertiary/aromatic N) is 1. The molecule has 4 nitrogen and oxygen atoms in total. The van der Waals surface area contributed by atoms with Gasteiger partial charge in [0.05, 0.1) is 0 Å². The van der Waals surface area contributed by atoms with Crippen LogP contribution in [-0.2, 0) is 4.79 Å². The molecule has 1 aromatic carbocycles. The third-order valence-corrected chi connectivity index (χ3v) is 4.36. The Hall–Kier alpha value is -1.20. The van der Waals surface area contributed by atoms with Crippen molar-refractivity contribution in [2.45, 2.75) is 6.92 Å². The number of carbonyl (C=O) groups is 2. The molecule has 6 heteroatoms. The van der Waals surface area contributed by atoms with Crippen LogP contribution in [0.3, 0.4) is 0 Å². The number of amides is 2. The molecular formula is C14H17ClN2O2S. The standard InChI is InChI=1S/C14H17ClN2O2S/c1-10-2-3-11(8-12(10)16-13(18)9-15)14(19)17-4-6-20-7-5-17/h2-3,8H,4-7,9H2,1H3,(H,16,18). The molecule has 1 N–H and O–H groups in total. The molecule has 108 valence electrons. The molecule has 1 aromatic rings. The maximum atomic E-state index is 12.4. The van der Waals surface area contributed by atoms with Gasteiger partial charge in [-0.2, -0.15) is 11.8 Å². The molecule has 0 aromatic heterocycles. The van der Waals surface area contributed by atoms with Gasteiger partial charge in [-0.15, -0.1) is 11.6 Å². The van der Waals surface area contributed by atoms with Crippen molar-refractivity contribution < 1.29 is 9.59 Å². The van der Waals surface area contributed by atoms with Gasteiger partial charge in [0.15, 0.2) is 0 Å². The fraction of sp³-hybridized carbons (Fsp3) is 0.429. The van der Waals surface area contributed by atoms with Crippen molar-refractivity contribution in [3.8, 4) is 0 Å². The zero-order chi connectivity index (χ0) is 14.5. The maximum Gasteiger partial charge on any atom is 0.253 e. The Morgan fingerprint density at radius 1 is 1.35 bits per heavy atom. The van der Waals surface area contributed by atoms with Gasteiger partial charge in [0.2, 0.25) is 5.91 Å². The van der Waals surface area contributed by atoms with Crippen LogP contribution in [-0.4, -0.2) is 47.2 Å². The summed E-state index contributed by atoms with van der Waals surface area (Å²) in [6.45, 7) is 3.44. The van der Waals surface area contributed by atoms with E-state index in [0.717, 1.165) is 30.2 Å². The largest absolute Gasteiger partial charge is 0.337 e. The zero-order valence-electron chi connectivity index (χ0n) is 11.3. The number of thioether (sulfide) groups is 1. The third kappa shape index (κ3) is 3.67. The van der Waals surface area contributed by atoms with Crippen LogP contribution < -0.4 is 5.32 Å². The predicted octanol–water partition coefficient (Wildman–Crippen LogP) is 2.36. The molecule has 1 heterocycles. The van der Waals surface area contributed by atoms with E-state index in [1.54, 1.807) is 12.1 Å². The number of benzene rings is 1. The number of rotatable bonds is 3. The van der Waals surface area contributed by atoms with E-state index < -0.39 is 0 Å². The van der Waals surface area contributed by atoms with E-state index in [-0.39, 0.29) is 17.7 Å². The van der Waals surface area contributed by atoms with Crippen LogP contribution in [0.1, 0.15) is 15.9 Å². The lowest BCUT2D eigenvalue weighted by molar-refractivity contribution is -0.113. The molecule has 1 aliphatic rings. The van der Waals surface area contributed by atoms with Crippen molar-refractivity contribution >= 4 is 40.9 Å². The molecule has 0 bridgehead atoms. The first-order chi connectivity index (χ1) is 9.61. The van der Waals surface area contributed by atoms with Crippen molar-refractivity contribution in [1.82, 2.24) is 4.90 Å². The lowest BCUT2D eigenvalue weighted by Gasteiger charge is -2.26. The van der Waals surface area contributed by atoms with Gasteiger partial charge in [0.1, 0.15) is 5.88 Å². The van der Waals surface area contributed by atoms with Crippen molar-refractivity contribution in [3.63, 3.8) is 0 Å². The van der Waals surface area contributed by atoms with Gasteiger partial charge in [-0.25, -0.2) is 0 Å². The van der Waals surface area contributed by atoms with Gasteiger partial charge >= 0.3 is 0 Å². The van der Waals surface area contributed by atoms with Gasteiger partial charge in [-0.1, -0.05) is 6.07 Å². The van der Waals surface area contributed by atoms with Gasteiger partial charge in [-0.05, 0) is 24.6 Å². The van der Waals surface area contributed by atoms with Crippen LogP contribution in [0.5, 0.6) is 0 Å². The monoisotopic (exact) mass is 312 g/mol. The number of carbonyl (C=O) groups excluding carboxylic acids is 2. The highest BCUT2D eigenvalue weighted by atomic mass is 35.5. The number of nitrogens with one attached hydrogen (secondary N) is 1. The molecule has 2 rings (SSSR count). The number of alkyl halides is 1. The van der Waals surface area contributed by atoms with Crippen LogP contribution in [0.25, 0.3) is 0 Å². The first-order valence-corrected chi connectivity index (χ1v) is 8.14. The van der Waals surface area contributed by atoms with Crippen LogP contribution in [0.2, 0.25) is 0 Å². The summed E-state index contributed by atoms with van der Waals surface area (Å²) in [5.41, 5.74) is 2.16. The number of anilines is 1. The molecule has 0 saturated carbocycles. The number of halogens is 1. The average molecular weight is 313 g/mol. The first kappa shape index (κ1) is 15.2. The Morgan fingerprint density at radius 2 is 2.05 bits per heavy atom. The summed E-state index contributed by atoms with van der Waals surface area (Å²) in [7, 11) is 0. The lowest BCUT2D eigenvalue weighted by atomic mass is 10.1. The van der Waals surface area contributed by atoms with Gasteiger partial charge in [0.25, 0.3) is 5.91 Å². The summed E-state index contributed by atoms with van der Waals surface area (Å²) in [4.78, 5) is 25.6. The Bertz CT molecular complexity index is 516. The normalized spacial score (nSPS) is 15.0. The predicted molar refractivity (Wildman–Crippen MR) is 83.8 cm³/mol. The third-order valence-electron chi connectivity index (χ3n) is 3.18. The van der Waals surface area contributed by atoms with E-state index in [1.165, 1.54) is 0 Å². The topological polar surface area (TPSA) is 49.4 Å². The minimum Gasteiger partial charge on any atom is -0.337 e. The van der Waals surface area contributed by atoms with Crippen molar-refractivity contribution in [3.05, 3.63) is 29.3 Å². The lowest BCUT2D eigenvalue weighted by Crippen LogP contribution is -2.37. The fourth-order valence-electron chi connectivity index (χ4n) is 2.02. The van der Waals surface area contributed by atoms with Crippen LogP contribution in [0, 0.1) is 6.92 Å². The Morgan fingerprint density at radius 3 is 2.70 bits per heavy atom. The first-order valence-electron chi connectivity index (χ1n) is 6.45. The molecule has 1 aliphatic heterocycles. The summed E-state index contributed by atoms with van der Waals surface area (Å²) in [6, 6.07) is 5.37. The Balaban J connectivity index is 2.17. The second kappa shape index (κ2) is 6.99. The van der Waals surface area contributed by atoms with E-state index in [0.29, 0.717) is 11.3 Å². The smallest absolute Gasteiger partial charge is 0.253 e.